The summed E-state index contributed by atoms with van der Waals surface area (Å²) in [7, 11) is 0. The molecular formula is C18H13ClN4O7. The predicted octanol–water partition coefficient (Wildman–Crippen LogP) is 2.86. The lowest BCUT2D eigenvalue weighted by Gasteiger charge is -2.30. The Labute approximate surface area is 173 Å². The summed E-state index contributed by atoms with van der Waals surface area (Å²) in [6.45, 7) is -0.458. The Morgan fingerprint density at radius 3 is 2.13 bits per heavy atom. The fourth-order valence-electron chi connectivity index (χ4n) is 2.94. The topological polar surface area (TPSA) is 144 Å². The van der Waals surface area contributed by atoms with Gasteiger partial charge in [0.2, 0.25) is 11.8 Å². The highest BCUT2D eigenvalue weighted by Gasteiger charge is 2.38. The van der Waals surface area contributed by atoms with E-state index in [9.17, 15) is 34.6 Å². The normalized spacial score (nSPS) is 13.4. The SMILES string of the molecule is O=C(c1ccc([N+](=O)[O-])cc1)N(Cc1ccc(Cl)cc1[N+](=O)[O-])N1C(=O)CCC1=O. The van der Waals surface area contributed by atoms with Gasteiger partial charge in [0.05, 0.1) is 22.0 Å². The van der Waals surface area contributed by atoms with Crippen LogP contribution in [0.3, 0.4) is 0 Å². The van der Waals surface area contributed by atoms with Crippen LogP contribution in [0.2, 0.25) is 5.02 Å². The molecule has 3 rings (SSSR count). The highest BCUT2D eigenvalue weighted by atomic mass is 35.5. The maximum Gasteiger partial charge on any atom is 0.275 e. The molecule has 0 radical (unpaired) electrons. The molecule has 0 unspecified atom stereocenters. The fraction of sp³-hybridized carbons (Fsp3) is 0.167. The van der Waals surface area contributed by atoms with E-state index in [-0.39, 0.29) is 40.4 Å². The Balaban J connectivity index is 2.02. The lowest BCUT2D eigenvalue weighted by Crippen LogP contribution is -2.49. The Morgan fingerprint density at radius 1 is 1.00 bits per heavy atom. The van der Waals surface area contributed by atoms with Gasteiger partial charge in [-0.25, -0.2) is 5.01 Å². The number of hydrazine groups is 1. The van der Waals surface area contributed by atoms with E-state index in [4.69, 9.17) is 11.6 Å². The second kappa shape index (κ2) is 8.25. The molecule has 1 aliphatic heterocycles. The van der Waals surface area contributed by atoms with Crippen molar-refractivity contribution in [3.05, 3.63) is 78.8 Å². The molecule has 0 aromatic heterocycles. The first-order valence-corrected chi connectivity index (χ1v) is 8.91. The van der Waals surface area contributed by atoms with Gasteiger partial charge >= 0.3 is 0 Å². The van der Waals surface area contributed by atoms with Gasteiger partial charge < -0.3 is 0 Å². The molecule has 1 heterocycles. The lowest BCUT2D eigenvalue weighted by molar-refractivity contribution is -0.385. The van der Waals surface area contributed by atoms with Crippen LogP contribution in [0.4, 0.5) is 11.4 Å². The van der Waals surface area contributed by atoms with Crippen LogP contribution in [0.5, 0.6) is 0 Å². The average Bonchev–Trinajstić information content (AvgIpc) is 3.04. The first kappa shape index (κ1) is 20.9. The van der Waals surface area contributed by atoms with Gasteiger partial charge in [0, 0.05) is 41.6 Å². The largest absolute Gasteiger partial charge is 0.275 e. The summed E-state index contributed by atoms with van der Waals surface area (Å²) in [5.41, 5.74) is -0.625. The van der Waals surface area contributed by atoms with Crippen LogP contribution in [0.1, 0.15) is 28.8 Å². The number of carbonyl (C=O) groups excluding carboxylic acids is 3. The van der Waals surface area contributed by atoms with E-state index in [2.05, 4.69) is 0 Å². The van der Waals surface area contributed by atoms with Crippen molar-refractivity contribution < 1.29 is 24.2 Å². The zero-order valence-electron chi connectivity index (χ0n) is 15.2. The van der Waals surface area contributed by atoms with E-state index < -0.39 is 34.1 Å². The molecule has 2 aromatic carbocycles. The smallest absolute Gasteiger partial charge is 0.273 e. The van der Waals surface area contributed by atoms with E-state index >= 15 is 0 Å². The van der Waals surface area contributed by atoms with Gasteiger partial charge in [-0.2, -0.15) is 5.01 Å². The number of benzene rings is 2. The summed E-state index contributed by atoms with van der Waals surface area (Å²) in [5.74, 6) is -2.09. The van der Waals surface area contributed by atoms with E-state index in [1.165, 1.54) is 24.3 Å². The molecule has 1 fully saturated rings. The first-order chi connectivity index (χ1) is 14.2. The molecule has 1 aliphatic rings. The standard InChI is InChI=1S/C18H13ClN4O7/c19-13-4-1-12(15(9-13)23(29)30)10-20(21-16(24)7-8-17(21)25)18(26)11-2-5-14(6-3-11)22(27)28/h1-6,9H,7-8,10H2. The van der Waals surface area contributed by atoms with Crippen LogP contribution in [0.25, 0.3) is 0 Å². The zero-order valence-corrected chi connectivity index (χ0v) is 15.9. The van der Waals surface area contributed by atoms with Crippen LogP contribution in [0, 0.1) is 20.2 Å². The highest BCUT2D eigenvalue weighted by Crippen LogP contribution is 2.27. The van der Waals surface area contributed by atoms with Crippen molar-refractivity contribution in [1.82, 2.24) is 10.0 Å². The van der Waals surface area contributed by atoms with Gasteiger partial charge in [-0.15, -0.1) is 0 Å². The average molecular weight is 433 g/mol. The van der Waals surface area contributed by atoms with Gasteiger partial charge in [0.15, 0.2) is 0 Å². The number of nitro groups is 2. The number of hydrogen-bond acceptors (Lipinski definition) is 7. The van der Waals surface area contributed by atoms with Crippen molar-refractivity contribution in [2.24, 2.45) is 0 Å². The molecule has 12 heteroatoms. The molecular weight excluding hydrogens is 420 g/mol. The van der Waals surface area contributed by atoms with Crippen molar-refractivity contribution >= 4 is 40.7 Å². The van der Waals surface area contributed by atoms with Crippen LogP contribution in [-0.2, 0) is 16.1 Å². The molecule has 3 amide bonds. The molecule has 0 aliphatic carbocycles. The molecule has 0 saturated carbocycles. The Morgan fingerprint density at radius 2 is 1.60 bits per heavy atom. The van der Waals surface area contributed by atoms with Crippen molar-refractivity contribution in [3.63, 3.8) is 0 Å². The Hall–Kier alpha value is -3.86. The number of non-ortho nitro benzene ring substituents is 1. The molecule has 0 N–H and O–H groups in total. The van der Waals surface area contributed by atoms with Gasteiger partial charge in [-0.3, -0.25) is 34.6 Å². The van der Waals surface area contributed by atoms with Crippen LogP contribution >= 0.6 is 11.6 Å². The maximum atomic E-state index is 13.1. The summed E-state index contributed by atoms with van der Waals surface area (Å²) in [6.07, 6.45) is -0.211. The van der Waals surface area contributed by atoms with Gasteiger partial charge in [0.1, 0.15) is 0 Å². The van der Waals surface area contributed by atoms with Gasteiger partial charge in [-0.05, 0) is 24.3 Å². The monoisotopic (exact) mass is 432 g/mol. The Bertz CT molecular complexity index is 1050. The number of amides is 3. The van der Waals surface area contributed by atoms with E-state index in [0.29, 0.717) is 5.01 Å². The first-order valence-electron chi connectivity index (χ1n) is 8.54. The van der Waals surface area contributed by atoms with E-state index in [0.717, 1.165) is 23.2 Å². The lowest BCUT2D eigenvalue weighted by atomic mass is 10.1. The number of imide groups is 1. The number of halogens is 1. The van der Waals surface area contributed by atoms with Gasteiger partial charge in [-0.1, -0.05) is 11.6 Å². The molecule has 154 valence electrons. The Kier molecular flexibility index (Phi) is 5.74. The van der Waals surface area contributed by atoms with Crippen LogP contribution in [0.15, 0.2) is 42.5 Å². The van der Waals surface area contributed by atoms with Crippen LogP contribution < -0.4 is 0 Å². The van der Waals surface area contributed by atoms with Crippen molar-refractivity contribution in [2.75, 3.05) is 0 Å². The minimum absolute atomic E-state index is 0.0373. The molecule has 1 saturated heterocycles. The number of rotatable bonds is 6. The van der Waals surface area contributed by atoms with Crippen molar-refractivity contribution in [2.45, 2.75) is 19.4 Å². The molecule has 11 nitrogen and oxygen atoms in total. The zero-order chi connectivity index (χ0) is 22.0. The second-order valence-electron chi connectivity index (χ2n) is 6.30. The minimum Gasteiger partial charge on any atom is -0.273 e. The summed E-state index contributed by atoms with van der Waals surface area (Å²) >= 11 is 5.81. The molecule has 0 bridgehead atoms. The van der Waals surface area contributed by atoms with E-state index in [1.807, 2.05) is 0 Å². The number of nitro benzene ring substituents is 2. The minimum atomic E-state index is -0.822. The highest BCUT2D eigenvalue weighted by molar-refractivity contribution is 6.30. The van der Waals surface area contributed by atoms with Crippen molar-refractivity contribution in [1.29, 1.82) is 0 Å². The third-order valence-electron chi connectivity index (χ3n) is 4.39. The molecule has 0 spiro atoms. The quantitative estimate of drug-likeness (QED) is 0.387. The molecule has 30 heavy (non-hydrogen) atoms. The number of carbonyl (C=O) groups is 3. The second-order valence-corrected chi connectivity index (χ2v) is 6.73. The molecule has 0 atom stereocenters. The molecule has 2 aromatic rings. The van der Waals surface area contributed by atoms with Gasteiger partial charge in [0.25, 0.3) is 17.3 Å². The predicted molar refractivity (Wildman–Crippen MR) is 102 cm³/mol. The summed E-state index contributed by atoms with van der Waals surface area (Å²) in [6, 6.07) is 8.35. The number of hydrogen-bond donors (Lipinski definition) is 0. The van der Waals surface area contributed by atoms with Crippen LogP contribution in [-0.4, -0.2) is 37.6 Å². The summed E-state index contributed by atoms with van der Waals surface area (Å²) in [4.78, 5) is 58.4. The van der Waals surface area contributed by atoms with Crippen molar-refractivity contribution in [3.8, 4) is 0 Å². The third-order valence-corrected chi connectivity index (χ3v) is 4.63. The maximum absolute atomic E-state index is 13.1. The number of nitrogens with zero attached hydrogens (tertiary/aromatic N) is 4. The third kappa shape index (κ3) is 4.10. The summed E-state index contributed by atoms with van der Waals surface area (Å²) in [5, 5.41) is 23.8. The van der Waals surface area contributed by atoms with E-state index in [1.54, 1.807) is 0 Å². The summed E-state index contributed by atoms with van der Waals surface area (Å²) < 4.78 is 0. The fourth-order valence-corrected chi connectivity index (χ4v) is 3.11.